The summed E-state index contributed by atoms with van der Waals surface area (Å²) in [6.45, 7) is 21.2. The molecule has 3 aromatic carbocycles. The van der Waals surface area contributed by atoms with E-state index in [4.69, 9.17) is 0 Å². The standard InChI is InChI=1S/C24H24.3C2H6/c1-23(2,3)18-14-15-20-19-12-8-9-13-21(19)24(4,22(20)16-18)17-10-6-5-7-11-17;3*1-2/h5-16H,1-4H3;3*1-2H3. The van der Waals surface area contributed by atoms with Crippen molar-refractivity contribution in [3.8, 4) is 11.1 Å². The van der Waals surface area contributed by atoms with Crippen LogP contribution in [0.1, 0.15) is 91.5 Å². The van der Waals surface area contributed by atoms with E-state index in [0.29, 0.717) is 0 Å². The van der Waals surface area contributed by atoms with E-state index in [9.17, 15) is 0 Å². The van der Waals surface area contributed by atoms with Gasteiger partial charge in [0, 0.05) is 5.41 Å². The van der Waals surface area contributed by atoms with Gasteiger partial charge in [0.2, 0.25) is 0 Å². The Bertz CT molecular complexity index is 897. The van der Waals surface area contributed by atoms with Gasteiger partial charge in [-0.1, -0.05) is 135 Å². The zero-order valence-corrected chi connectivity index (χ0v) is 20.9. The van der Waals surface area contributed by atoms with Gasteiger partial charge in [-0.2, -0.15) is 0 Å². The second kappa shape index (κ2) is 11.2. The molecule has 0 N–H and O–H groups in total. The Balaban J connectivity index is 0.000000691. The molecule has 0 aromatic heterocycles. The first-order chi connectivity index (χ1) is 14.4. The second-order valence-corrected chi connectivity index (χ2v) is 8.05. The van der Waals surface area contributed by atoms with E-state index < -0.39 is 0 Å². The minimum absolute atomic E-state index is 0.0888. The average Bonchev–Trinajstić information content (AvgIpc) is 3.07. The Labute approximate surface area is 186 Å². The largest absolute Gasteiger partial charge is 0.0683 e. The highest BCUT2D eigenvalue weighted by Gasteiger charge is 2.40. The minimum Gasteiger partial charge on any atom is -0.0683 e. The molecule has 0 radical (unpaired) electrons. The van der Waals surface area contributed by atoms with Crippen molar-refractivity contribution >= 4 is 0 Å². The highest BCUT2D eigenvalue weighted by Crippen LogP contribution is 2.52. The van der Waals surface area contributed by atoms with Crippen LogP contribution in [0.3, 0.4) is 0 Å². The summed E-state index contributed by atoms with van der Waals surface area (Å²) in [6.07, 6.45) is 0. The van der Waals surface area contributed by atoms with Crippen molar-refractivity contribution < 1.29 is 0 Å². The van der Waals surface area contributed by atoms with Gasteiger partial charge in [-0.3, -0.25) is 0 Å². The fourth-order valence-corrected chi connectivity index (χ4v) is 4.04. The molecule has 0 spiro atoms. The molecule has 0 nitrogen and oxygen atoms in total. The molecule has 0 saturated heterocycles. The maximum atomic E-state index is 2.43. The molecule has 1 aliphatic rings. The number of hydrogen-bond donors (Lipinski definition) is 0. The molecule has 1 aliphatic carbocycles. The van der Waals surface area contributed by atoms with E-state index >= 15 is 0 Å². The highest BCUT2D eigenvalue weighted by molar-refractivity contribution is 5.83. The third-order valence-electron chi connectivity index (χ3n) is 5.53. The molecular formula is C30H42. The molecule has 1 unspecified atom stereocenters. The van der Waals surface area contributed by atoms with E-state index in [1.165, 1.54) is 33.4 Å². The summed E-state index contributed by atoms with van der Waals surface area (Å²) < 4.78 is 0. The molecule has 30 heavy (non-hydrogen) atoms. The number of rotatable bonds is 1. The maximum Gasteiger partial charge on any atom is 0.0435 e. The van der Waals surface area contributed by atoms with Crippen LogP contribution >= 0.6 is 0 Å². The molecule has 0 heteroatoms. The summed E-state index contributed by atoms with van der Waals surface area (Å²) in [5.41, 5.74) is 8.43. The van der Waals surface area contributed by atoms with Crippen molar-refractivity contribution in [2.45, 2.75) is 80.1 Å². The van der Waals surface area contributed by atoms with Gasteiger partial charge in [-0.25, -0.2) is 0 Å². The molecular weight excluding hydrogens is 360 g/mol. The van der Waals surface area contributed by atoms with E-state index in [-0.39, 0.29) is 10.8 Å². The van der Waals surface area contributed by atoms with Crippen LogP contribution in [0.5, 0.6) is 0 Å². The molecule has 0 bridgehead atoms. The smallest absolute Gasteiger partial charge is 0.0435 e. The van der Waals surface area contributed by atoms with E-state index in [0.717, 1.165) is 0 Å². The van der Waals surface area contributed by atoms with Crippen LogP contribution < -0.4 is 0 Å². The molecule has 1 atom stereocenters. The normalized spacial score (nSPS) is 15.8. The lowest BCUT2D eigenvalue weighted by molar-refractivity contribution is 0.587. The molecule has 0 fully saturated rings. The second-order valence-electron chi connectivity index (χ2n) is 8.05. The van der Waals surface area contributed by atoms with Crippen molar-refractivity contribution in [1.29, 1.82) is 0 Å². The molecule has 0 aliphatic heterocycles. The zero-order chi connectivity index (χ0) is 22.9. The van der Waals surface area contributed by atoms with Crippen molar-refractivity contribution in [2.24, 2.45) is 0 Å². The van der Waals surface area contributed by atoms with E-state index in [1.807, 2.05) is 41.5 Å². The number of benzene rings is 3. The number of fused-ring (bicyclic) bond motifs is 3. The van der Waals surface area contributed by atoms with Gasteiger partial charge in [-0.15, -0.1) is 0 Å². The summed E-state index contributed by atoms with van der Waals surface area (Å²) in [6, 6.07) is 26.8. The van der Waals surface area contributed by atoms with Gasteiger partial charge in [0.1, 0.15) is 0 Å². The van der Waals surface area contributed by atoms with Crippen LogP contribution in [0.25, 0.3) is 11.1 Å². The van der Waals surface area contributed by atoms with Crippen molar-refractivity contribution in [1.82, 2.24) is 0 Å². The topological polar surface area (TPSA) is 0 Å². The first-order valence-electron chi connectivity index (χ1n) is 11.7. The summed E-state index contributed by atoms with van der Waals surface area (Å²) >= 11 is 0. The quantitative estimate of drug-likeness (QED) is 0.380. The lowest BCUT2D eigenvalue weighted by atomic mass is 9.73. The maximum absolute atomic E-state index is 2.43. The first-order valence-corrected chi connectivity index (χ1v) is 11.7. The van der Waals surface area contributed by atoms with Gasteiger partial charge in [0.05, 0.1) is 0 Å². The van der Waals surface area contributed by atoms with Gasteiger partial charge in [0.15, 0.2) is 0 Å². The summed E-state index contributed by atoms with van der Waals surface area (Å²) in [4.78, 5) is 0. The fraction of sp³-hybridized carbons (Fsp3) is 0.400. The summed E-state index contributed by atoms with van der Waals surface area (Å²) in [5.74, 6) is 0. The van der Waals surface area contributed by atoms with Gasteiger partial charge in [0.25, 0.3) is 0 Å². The van der Waals surface area contributed by atoms with Gasteiger partial charge < -0.3 is 0 Å². The van der Waals surface area contributed by atoms with E-state index in [2.05, 4.69) is 100 Å². The Hall–Kier alpha value is -2.34. The van der Waals surface area contributed by atoms with Crippen LogP contribution in [0.4, 0.5) is 0 Å². The van der Waals surface area contributed by atoms with Crippen LogP contribution in [0, 0.1) is 0 Å². The van der Waals surface area contributed by atoms with Crippen molar-refractivity contribution in [3.63, 3.8) is 0 Å². The van der Waals surface area contributed by atoms with Crippen molar-refractivity contribution in [2.75, 3.05) is 0 Å². The lowest BCUT2D eigenvalue weighted by Crippen LogP contribution is -2.23. The summed E-state index contributed by atoms with van der Waals surface area (Å²) in [7, 11) is 0. The molecule has 162 valence electrons. The summed E-state index contributed by atoms with van der Waals surface area (Å²) in [5, 5.41) is 0. The third kappa shape index (κ3) is 4.69. The zero-order valence-electron chi connectivity index (χ0n) is 20.9. The molecule has 3 aromatic rings. The Morgan fingerprint density at radius 2 is 1.07 bits per heavy atom. The van der Waals surface area contributed by atoms with Crippen LogP contribution in [-0.4, -0.2) is 0 Å². The molecule has 0 saturated carbocycles. The predicted molar refractivity (Wildman–Crippen MR) is 137 cm³/mol. The monoisotopic (exact) mass is 402 g/mol. The molecule has 0 amide bonds. The minimum atomic E-state index is -0.0888. The van der Waals surface area contributed by atoms with Crippen molar-refractivity contribution in [3.05, 3.63) is 95.1 Å². The third-order valence-corrected chi connectivity index (χ3v) is 5.53. The van der Waals surface area contributed by atoms with Crippen LogP contribution in [-0.2, 0) is 10.8 Å². The van der Waals surface area contributed by atoms with Crippen LogP contribution in [0.2, 0.25) is 0 Å². The fourth-order valence-electron chi connectivity index (χ4n) is 4.04. The van der Waals surface area contributed by atoms with Gasteiger partial charge >= 0.3 is 0 Å². The Morgan fingerprint density at radius 1 is 0.567 bits per heavy atom. The lowest BCUT2D eigenvalue weighted by Gasteiger charge is -2.30. The van der Waals surface area contributed by atoms with Gasteiger partial charge in [-0.05, 0) is 45.7 Å². The Kier molecular flexibility index (Phi) is 9.56. The predicted octanol–water partition coefficient (Wildman–Crippen LogP) is 9.40. The highest BCUT2D eigenvalue weighted by atomic mass is 14.4. The molecule has 0 heterocycles. The first kappa shape index (κ1) is 25.7. The van der Waals surface area contributed by atoms with E-state index in [1.54, 1.807) is 0 Å². The molecule has 4 rings (SSSR count). The SMILES string of the molecule is CC.CC.CC.CC(C)(C)c1ccc2c(c1)C(C)(c1ccccc1)c1ccccc1-2. The van der Waals surface area contributed by atoms with Crippen LogP contribution in [0.15, 0.2) is 72.8 Å². The average molecular weight is 403 g/mol. The number of hydrogen-bond acceptors (Lipinski definition) is 0. The Morgan fingerprint density at radius 3 is 1.63 bits per heavy atom.